The number of nitrogens with two attached hydrogens (primary N) is 1. The maximum atomic E-state index is 12.0. The molecule has 0 aliphatic carbocycles. The van der Waals surface area contributed by atoms with Crippen molar-refractivity contribution in [2.45, 2.75) is 13.5 Å². The predicted molar refractivity (Wildman–Crippen MR) is 70.0 cm³/mol. The minimum Gasteiger partial charge on any atom is -0.398 e. The van der Waals surface area contributed by atoms with Crippen molar-refractivity contribution in [3.05, 3.63) is 47.3 Å². The Balaban J connectivity index is 2.05. The van der Waals surface area contributed by atoms with Crippen LogP contribution in [0.5, 0.6) is 0 Å². The molecule has 0 saturated carbocycles. The average Bonchev–Trinajstić information content (AvgIpc) is 2.75. The minimum atomic E-state index is -0.167. The molecule has 5 heteroatoms. The van der Waals surface area contributed by atoms with Crippen molar-refractivity contribution in [3.63, 3.8) is 0 Å². The van der Waals surface area contributed by atoms with E-state index in [0.29, 0.717) is 17.8 Å². The molecule has 2 rings (SSSR count). The molecule has 18 heavy (non-hydrogen) atoms. The average molecular weight is 244 g/mol. The largest absolute Gasteiger partial charge is 0.398 e. The van der Waals surface area contributed by atoms with Gasteiger partial charge in [0.2, 0.25) is 0 Å². The molecule has 0 radical (unpaired) electrons. The third kappa shape index (κ3) is 2.68. The third-order valence-corrected chi connectivity index (χ3v) is 2.66. The van der Waals surface area contributed by atoms with Gasteiger partial charge < -0.3 is 11.1 Å². The van der Waals surface area contributed by atoms with Crippen molar-refractivity contribution in [1.82, 2.24) is 15.1 Å². The number of aryl methyl sites for hydroxylation is 2. The molecule has 1 aromatic heterocycles. The van der Waals surface area contributed by atoms with Crippen LogP contribution in [0.15, 0.2) is 30.6 Å². The lowest BCUT2D eigenvalue weighted by molar-refractivity contribution is 0.0951. The molecule has 0 aliphatic heterocycles. The van der Waals surface area contributed by atoms with Gasteiger partial charge in [0.25, 0.3) is 5.91 Å². The van der Waals surface area contributed by atoms with Gasteiger partial charge in [-0.15, -0.1) is 0 Å². The predicted octanol–water partition coefficient (Wildman–Crippen LogP) is 1.24. The zero-order valence-electron chi connectivity index (χ0n) is 10.5. The summed E-state index contributed by atoms with van der Waals surface area (Å²) in [6, 6.07) is 5.41. The second-order valence-corrected chi connectivity index (χ2v) is 4.30. The molecule has 1 heterocycles. The lowest BCUT2D eigenvalue weighted by Crippen LogP contribution is -2.23. The maximum absolute atomic E-state index is 12.0. The van der Waals surface area contributed by atoms with E-state index in [2.05, 4.69) is 10.4 Å². The fourth-order valence-corrected chi connectivity index (χ4v) is 1.71. The molecular weight excluding hydrogens is 228 g/mol. The van der Waals surface area contributed by atoms with E-state index in [4.69, 9.17) is 5.73 Å². The van der Waals surface area contributed by atoms with Crippen LogP contribution in [0.1, 0.15) is 21.5 Å². The van der Waals surface area contributed by atoms with Gasteiger partial charge in [-0.05, 0) is 19.1 Å². The highest BCUT2D eigenvalue weighted by Crippen LogP contribution is 2.13. The topological polar surface area (TPSA) is 72.9 Å². The second-order valence-electron chi connectivity index (χ2n) is 4.30. The molecule has 94 valence electrons. The van der Waals surface area contributed by atoms with E-state index in [-0.39, 0.29) is 5.91 Å². The zero-order chi connectivity index (χ0) is 13.1. The highest BCUT2D eigenvalue weighted by Gasteiger charge is 2.09. The number of hydrogen-bond acceptors (Lipinski definition) is 3. The van der Waals surface area contributed by atoms with Crippen LogP contribution in [0, 0.1) is 6.92 Å². The first kappa shape index (κ1) is 12.2. The summed E-state index contributed by atoms with van der Waals surface area (Å²) in [5.41, 5.74) is 8.75. The summed E-state index contributed by atoms with van der Waals surface area (Å²) in [6.45, 7) is 2.37. The zero-order valence-corrected chi connectivity index (χ0v) is 10.5. The molecule has 0 unspecified atom stereocenters. The summed E-state index contributed by atoms with van der Waals surface area (Å²) in [6.07, 6.45) is 3.58. The van der Waals surface area contributed by atoms with Crippen LogP contribution >= 0.6 is 0 Å². The molecule has 5 nitrogen and oxygen atoms in total. The van der Waals surface area contributed by atoms with Crippen LogP contribution in [0.2, 0.25) is 0 Å². The quantitative estimate of drug-likeness (QED) is 0.798. The van der Waals surface area contributed by atoms with E-state index >= 15 is 0 Å². The van der Waals surface area contributed by atoms with Crippen molar-refractivity contribution < 1.29 is 4.79 Å². The van der Waals surface area contributed by atoms with Crippen LogP contribution in [-0.4, -0.2) is 15.7 Å². The number of carbonyl (C=O) groups is 1. The van der Waals surface area contributed by atoms with Crippen molar-refractivity contribution in [2.24, 2.45) is 7.05 Å². The first-order valence-electron chi connectivity index (χ1n) is 5.68. The third-order valence-electron chi connectivity index (χ3n) is 2.66. The van der Waals surface area contributed by atoms with Gasteiger partial charge >= 0.3 is 0 Å². The molecule has 0 atom stereocenters. The van der Waals surface area contributed by atoms with E-state index in [9.17, 15) is 4.79 Å². The summed E-state index contributed by atoms with van der Waals surface area (Å²) in [7, 11) is 1.84. The Morgan fingerprint density at radius 3 is 2.94 bits per heavy atom. The number of hydrogen-bond donors (Lipinski definition) is 2. The standard InChI is InChI=1S/C13H16N4O/c1-9-3-4-12(14)11(5-9)13(18)15-6-10-7-16-17(2)8-10/h3-5,7-8H,6,14H2,1-2H3,(H,15,18). The number of nitrogens with one attached hydrogen (secondary N) is 1. The molecule has 3 N–H and O–H groups in total. The van der Waals surface area contributed by atoms with Crippen molar-refractivity contribution in [3.8, 4) is 0 Å². The van der Waals surface area contributed by atoms with E-state index < -0.39 is 0 Å². The second kappa shape index (κ2) is 4.91. The lowest BCUT2D eigenvalue weighted by atomic mass is 10.1. The monoisotopic (exact) mass is 244 g/mol. The van der Waals surface area contributed by atoms with Gasteiger partial charge in [0, 0.05) is 31.0 Å². The number of rotatable bonds is 3. The number of nitrogens with zero attached hydrogens (tertiary/aromatic N) is 2. The first-order chi connectivity index (χ1) is 8.56. The highest BCUT2D eigenvalue weighted by molar-refractivity contribution is 5.99. The Labute approximate surface area is 106 Å². The van der Waals surface area contributed by atoms with Crippen LogP contribution in [0.25, 0.3) is 0 Å². The number of aromatic nitrogens is 2. The molecule has 1 aromatic carbocycles. The van der Waals surface area contributed by atoms with Crippen LogP contribution < -0.4 is 11.1 Å². The Kier molecular flexibility index (Phi) is 3.32. The van der Waals surface area contributed by atoms with Crippen molar-refractivity contribution in [2.75, 3.05) is 5.73 Å². The lowest BCUT2D eigenvalue weighted by Gasteiger charge is -2.07. The van der Waals surface area contributed by atoms with E-state index in [1.165, 1.54) is 0 Å². The van der Waals surface area contributed by atoms with Crippen molar-refractivity contribution >= 4 is 11.6 Å². The van der Waals surface area contributed by atoms with Gasteiger partial charge in [0.15, 0.2) is 0 Å². The van der Waals surface area contributed by atoms with Crippen LogP contribution in [0.4, 0.5) is 5.69 Å². The molecule has 2 aromatic rings. The normalized spacial score (nSPS) is 10.3. The molecule has 0 saturated heterocycles. The fraction of sp³-hybridized carbons (Fsp3) is 0.231. The number of nitrogen functional groups attached to an aromatic ring is 1. The summed E-state index contributed by atoms with van der Waals surface area (Å²) in [5, 5.41) is 6.86. The smallest absolute Gasteiger partial charge is 0.253 e. The Bertz CT molecular complexity index is 574. The van der Waals surface area contributed by atoms with Crippen molar-refractivity contribution in [1.29, 1.82) is 0 Å². The number of amides is 1. The fourth-order valence-electron chi connectivity index (χ4n) is 1.71. The minimum absolute atomic E-state index is 0.167. The highest BCUT2D eigenvalue weighted by atomic mass is 16.1. The number of benzene rings is 1. The number of carbonyl (C=O) groups excluding carboxylic acids is 1. The van der Waals surface area contributed by atoms with Gasteiger partial charge in [0.05, 0.1) is 11.8 Å². The van der Waals surface area contributed by atoms with Gasteiger partial charge in [0.1, 0.15) is 0 Å². The Morgan fingerprint density at radius 1 is 1.50 bits per heavy atom. The van der Waals surface area contributed by atoms with E-state index in [1.54, 1.807) is 23.0 Å². The SMILES string of the molecule is Cc1ccc(N)c(C(=O)NCc2cnn(C)c2)c1. The van der Waals surface area contributed by atoms with E-state index in [0.717, 1.165) is 11.1 Å². The molecule has 0 spiro atoms. The summed E-state index contributed by atoms with van der Waals surface area (Å²) in [5.74, 6) is -0.167. The van der Waals surface area contributed by atoms with Gasteiger partial charge in [-0.2, -0.15) is 5.10 Å². The van der Waals surface area contributed by atoms with Crippen LogP contribution in [-0.2, 0) is 13.6 Å². The number of anilines is 1. The van der Waals surface area contributed by atoms with Gasteiger partial charge in [-0.25, -0.2) is 0 Å². The van der Waals surface area contributed by atoms with Gasteiger partial charge in [-0.3, -0.25) is 9.48 Å². The van der Waals surface area contributed by atoms with E-state index in [1.807, 2.05) is 26.2 Å². The van der Waals surface area contributed by atoms with Crippen LogP contribution in [0.3, 0.4) is 0 Å². The Morgan fingerprint density at radius 2 is 2.28 bits per heavy atom. The Hall–Kier alpha value is -2.30. The molecule has 0 fully saturated rings. The maximum Gasteiger partial charge on any atom is 0.253 e. The van der Waals surface area contributed by atoms with Gasteiger partial charge in [-0.1, -0.05) is 11.6 Å². The molecule has 0 aliphatic rings. The first-order valence-corrected chi connectivity index (χ1v) is 5.68. The molecule has 1 amide bonds. The summed E-state index contributed by atoms with van der Waals surface area (Å²) < 4.78 is 1.70. The molecular formula is C13H16N4O. The summed E-state index contributed by atoms with van der Waals surface area (Å²) in [4.78, 5) is 12.0. The summed E-state index contributed by atoms with van der Waals surface area (Å²) >= 11 is 0. The molecule has 0 bridgehead atoms.